The Morgan fingerprint density at radius 1 is 1.19 bits per heavy atom. The summed E-state index contributed by atoms with van der Waals surface area (Å²) < 4.78 is 26.9. The van der Waals surface area contributed by atoms with Crippen molar-refractivity contribution >= 4 is 10.1 Å². The Bertz CT molecular complexity index is 210. The first-order valence-corrected chi connectivity index (χ1v) is 5.74. The number of hydrogen-bond acceptors (Lipinski definition) is 7. The van der Waals surface area contributed by atoms with Gasteiger partial charge >= 0.3 is 29.6 Å². The molecule has 10 heteroatoms. The summed E-state index contributed by atoms with van der Waals surface area (Å²) >= 11 is 0. The average Bonchev–Trinajstić information content (AvgIpc) is 2.18. The molecule has 0 saturated carbocycles. The fourth-order valence-electron chi connectivity index (χ4n) is 0.216. The van der Waals surface area contributed by atoms with Gasteiger partial charge in [0, 0.05) is 0 Å². The van der Waals surface area contributed by atoms with E-state index in [4.69, 9.17) is 14.8 Å². The molecule has 16 heavy (non-hydrogen) atoms. The molecule has 96 valence electrons. The van der Waals surface area contributed by atoms with Crippen LogP contribution in [0.2, 0.25) is 0 Å². The molecule has 0 heterocycles. The minimum Gasteiger partial charge on any atom is -1.00 e. The molecule has 0 aliphatic heterocycles. The molecule has 0 rings (SSSR count). The van der Waals surface area contributed by atoms with Gasteiger partial charge in [-0.05, 0) is 6.92 Å². The zero-order chi connectivity index (χ0) is 12.2. The molecule has 0 bridgehead atoms. The van der Waals surface area contributed by atoms with Crippen LogP contribution in [0.15, 0.2) is 0 Å². The van der Waals surface area contributed by atoms with Crippen molar-refractivity contribution in [3.8, 4) is 0 Å². The SMILES string of the molecule is CCS(=O)(=O)O.OCCONOCCO.[H-].[Na+]. The Labute approximate surface area is 118 Å². The maximum atomic E-state index is 9.56. The zero-order valence-electron chi connectivity index (χ0n) is 10.4. The Morgan fingerprint density at radius 2 is 1.50 bits per heavy atom. The van der Waals surface area contributed by atoms with Crippen LogP contribution < -0.4 is 35.2 Å². The van der Waals surface area contributed by atoms with Crippen molar-refractivity contribution < 1.29 is 63.8 Å². The molecule has 0 amide bonds. The van der Waals surface area contributed by atoms with Crippen molar-refractivity contribution in [2.45, 2.75) is 6.92 Å². The summed E-state index contributed by atoms with van der Waals surface area (Å²) in [6.07, 6.45) is 0. The van der Waals surface area contributed by atoms with Gasteiger partial charge in [-0.1, -0.05) is 5.64 Å². The van der Waals surface area contributed by atoms with Gasteiger partial charge in [0.1, 0.15) is 0 Å². The smallest absolute Gasteiger partial charge is 1.00 e. The predicted molar refractivity (Wildman–Crippen MR) is 52.4 cm³/mol. The average molecular weight is 271 g/mol. The van der Waals surface area contributed by atoms with Gasteiger partial charge in [-0.25, -0.2) is 0 Å². The number of rotatable bonds is 7. The first kappa shape index (κ1) is 21.9. The van der Waals surface area contributed by atoms with E-state index >= 15 is 0 Å². The fourth-order valence-corrected chi connectivity index (χ4v) is 0.216. The summed E-state index contributed by atoms with van der Waals surface area (Å²) in [5.41, 5.74) is 2.07. The van der Waals surface area contributed by atoms with Crippen LogP contribution in [0.5, 0.6) is 0 Å². The molecule has 0 aromatic carbocycles. The minimum atomic E-state index is -3.66. The molecule has 0 saturated heterocycles. The van der Waals surface area contributed by atoms with Gasteiger partial charge in [-0.3, -0.25) is 14.2 Å². The molecule has 0 radical (unpaired) electrons. The maximum Gasteiger partial charge on any atom is 1.00 e. The van der Waals surface area contributed by atoms with Crippen LogP contribution in [0.3, 0.4) is 0 Å². The van der Waals surface area contributed by atoms with E-state index in [-0.39, 0.29) is 63.2 Å². The van der Waals surface area contributed by atoms with Crippen molar-refractivity contribution in [1.29, 1.82) is 0 Å². The van der Waals surface area contributed by atoms with Gasteiger partial charge in [0.25, 0.3) is 10.1 Å². The second-order valence-corrected chi connectivity index (χ2v) is 3.84. The van der Waals surface area contributed by atoms with Gasteiger partial charge in [0.05, 0.1) is 32.2 Å². The normalized spacial score (nSPS) is 10.0. The molecule has 0 aliphatic carbocycles. The molecule has 0 unspecified atom stereocenters. The maximum absolute atomic E-state index is 9.56. The molecule has 0 aromatic rings. The number of aliphatic hydroxyl groups excluding tert-OH is 2. The fraction of sp³-hybridized carbons (Fsp3) is 1.00. The first-order chi connectivity index (χ1) is 6.97. The van der Waals surface area contributed by atoms with Gasteiger partial charge in [0.15, 0.2) is 0 Å². The van der Waals surface area contributed by atoms with Gasteiger partial charge in [-0.2, -0.15) is 8.42 Å². The second kappa shape index (κ2) is 15.7. The molecule has 0 aromatic heterocycles. The standard InChI is InChI=1S/C4H11NO4.C2H6O3S.Na.H/c6-1-3-8-5-9-4-2-7;1-2-6(3,4)5;;/h5-7H,1-4H2;2H2,1H3,(H,3,4,5);;/q;;+1;-1. The van der Waals surface area contributed by atoms with Crippen LogP contribution >= 0.6 is 0 Å². The Balaban J connectivity index is -0.0000000945. The van der Waals surface area contributed by atoms with Crippen molar-refractivity contribution in [2.75, 3.05) is 32.2 Å². The molecular formula is C6H18NNaO7S. The van der Waals surface area contributed by atoms with E-state index in [1.807, 2.05) is 0 Å². The minimum absolute atomic E-state index is 0. The number of hydrogen-bond donors (Lipinski definition) is 4. The summed E-state index contributed by atoms with van der Waals surface area (Å²) in [4.78, 5) is 8.90. The third-order valence-electron chi connectivity index (χ3n) is 0.869. The summed E-state index contributed by atoms with van der Waals surface area (Å²) in [7, 11) is -3.66. The van der Waals surface area contributed by atoms with Crippen LogP contribution in [0.4, 0.5) is 0 Å². The molecule has 4 N–H and O–H groups in total. The molecule has 0 spiro atoms. The predicted octanol–water partition coefficient (Wildman–Crippen LogP) is -4.57. The largest absolute Gasteiger partial charge is 1.00 e. The van der Waals surface area contributed by atoms with E-state index in [9.17, 15) is 8.42 Å². The van der Waals surface area contributed by atoms with E-state index in [1.54, 1.807) is 0 Å². The van der Waals surface area contributed by atoms with E-state index in [0.29, 0.717) is 0 Å². The third kappa shape index (κ3) is 29.3. The Kier molecular flexibility index (Phi) is 21.5. The number of nitrogens with one attached hydrogen (secondary N) is 1. The van der Waals surface area contributed by atoms with Crippen molar-refractivity contribution in [3.05, 3.63) is 0 Å². The monoisotopic (exact) mass is 271 g/mol. The Hall–Kier alpha value is 0.710. The van der Waals surface area contributed by atoms with Crippen LogP contribution in [-0.4, -0.2) is 55.4 Å². The molecule has 0 atom stereocenters. The van der Waals surface area contributed by atoms with Gasteiger partial charge < -0.3 is 11.6 Å². The quantitative estimate of drug-likeness (QED) is 0.158. The van der Waals surface area contributed by atoms with Gasteiger partial charge in [0.2, 0.25) is 0 Å². The van der Waals surface area contributed by atoms with Crippen LogP contribution in [-0.2, 0) is 19.8 Å². The summed E-state index contributed by atoms with van der Waals surface area (Å²) in [5.74, 6) is -0.201. The first-order valence-electron chi connectivity index (χ1n) is 4.13. The molecule has 0 fully saturated rings. The molecule has 0 aliphatic rings. The zero-order valence-corrected chi connectivity index (χ0v) is 12.2. The summed E-state index contributed by atoms with van der Waals surface area (Å²) in [6.45, 7) is 1.59. The van der Waals surface area contributed by atoms with Crippen LogP contribution in [0.25, 0.3) is 0 Å². The second-order valence-electron chi connectivity index (χ2n) is 2.10. The third-order valence-corrected chi connectivity index (χ3v) is 1.60. The van der Waals surface area contributed by atoms with E-state index < -0.39 is 10.1 Å². The summed E-state index contributed by atoms with van der Waals surface area (Å²) in [6, 6.07) is 0. The van der Waals surface area contributed by atoms with E-state index in [0.717, 1.165) is 0 Å². The summed E-state index contributed by atoms with van der Waals surface area (Å²) in [5, 5.41) is 16.3. The Morgan fingerprint density at radius 3 is 1.69 bits per heavy atom. The molecule has 8 nitrogen and oxygen atoms in total. The van der Waals surface area contributed by atoms with Gasteiger partial charge in [-0.15, -0.1) is 0 Å². The topological polar surface area (TPSA) is 125 Å². The van der Waals surface area contributed by atoms with E-state index in [1.165, 1.54) is 6.92 Å². The van der Waals surface area contributed by atoms with Crippen LogP contribution in [0, 0.1) is 0 Å². The number of aliphatic hydroxyl groups is 2. The molecular weight excluding hydrogens is 253 g/mol. The van der Waals surface area contributed by atoms with Crippen molar-refractivity contribution in [2.24, 2.45) is 0 Å². The van der Waals surface area contributed by atoms with Crippen molar-refractivity contribution in [3.63, 3.8) is 0 Å². The van der Waals surface area contributed by atoms with Crippen molar-refractivity contribution in [1.82, 2.24) is 5.64 Å². The van der Waals surface area contributed by atoms with E-state index in [2.05, 4.69) is 15.3 Å². The van der Waals surface area contributed by atoms with Crippen LogP contribution in [0.1, 0.15) is 8.35 Å².